The van der Waals surface area contributed by atoms with Crippen LogP contribution < -0.4 is 0 Å². The zero-order valence-corrected chi connectivity index (χ0v) is 28.3. The van der Waals surface area contributed by atoms with E-state index in [4.69, 9.17) is 4.74 Å². The van der Waals surface area contributed by atoms with Gasteiger partial charge < -0.3 is 9.64 Å². The molecule has 41 heavy (non-hydrogen) atoms. The van der Waals surface area contributed by atoms with Gasteiger partial charge in [-0.05, 0) is 90.6 Å². The summed E-state index contributed by atoms with van der Waals surface area (Å²) >= 11 is 0. The van der Waals surface area contributed by atoms with E-state index >= 15 is 0 Å². The fourth-order valence-electron chi connectivity index (χ4n) is 5.00. The minimum atomic E-state index is 0.888. The average molecular weight is 572 g/mol. The van der Waals surface area contributed by atoms with Gasteiger partial charge in [-0.3, -0.25) is 0 Å². The predicted molar refractivity (Wildman–Crippen MR) is 187 cm³/mol. The van der Waals surface area contributed by atoms with Crippen LogP contribution in [0.3, 0.4) is 0 Å². The summed E-state index contributed by atoms with van der Waals surface area (Å²) in [6, 6.07) is 0. The molecule has 0 N–H and O–H groups in total. The molecule has 0 aromatic heterocycles. The van der Waals surface area contributed by atoms with Gasteiger partial charge in [-0.1, -0.05) is 140 Å². The van der Waals surface area contributed by atoms with E-state index in [0.717, 1.165) is 32.6 Å². The zero-order chi connectivity index (χ0) is 29.7. The highest BCUT2D eigenvalue weighted by Crippen LogP contribution is 2.10. The quantitative estimate of drug-likeness (QED) is 0.0573. The monoisotopic (exact) mass is 572 g/mol. The number of rotatable bonds is 33. The molecule has 0 radical (unpaired) electrons. The Kier molecular flexibility index (Phi) is 35.9. The molecule has 0 saturated heterocycles. The standard InChI is InChI=1S/C39H73NO/c1-4-6-8-10-12-14-16-18-20-22-24-26-28-30-32-34-36-40(3)37-39-41-38-35-33-31-29-27-25-23-21-19-17-15-13-11-9-7-5-2/h12-15,18-21H,4-11,16-17,22-39H2,1-3H3/b14-12-,15-13-,20-18-,21-19-. The van der Waals surface area contributed by atoms with Gasteiger partial charge in [0.05, 0.1) is 6.61 Å². The van der Waals surface area contributed by atoms with Crippen molar-refractivity contribution in [1.82, 2.24) is 4.90 Å². The minimum Gasteiger partial charge on any atom is -0.380 e. The number of ether oxygens (including phenoxy) is 1. The molecule has 0 heterocycles. The number of hydrogen-bond donors (Lipinski definition) is 0. The van der Waals surface area contributed by atoms with Crippen LogP contribution in [-0.4, -0.2) is 38.3 Å². The van der Waals surface area contributed by atoms with E-state index in [0.29, 0.717) is 0 Å². The van der Waals surface area contributed by atoms with Gasteiger partial charge in [0.15, 0.2) is 0 Å². The first-order valence-electron chi connectivity index (χ1n) is 18.2. The third kappa shape index (κ3) is 36.9. The summed E-state index contributed by atoms with van der Waals surface area (Å²) in [6.45, 7) is 8.64. The maximum absolute atomic E-state index is 5.89. The van der Waals surface area contributed by atoms with Gasteiger partial charge in [-0.15, -0.1) is 0 Å². The Morgan fingerprint density at radius 3 is 1.24 bits per heavy atom. The number of nitrogens with zero attached hydrogens (tertiary/aromatic N) is 1. The van der Waals surface area contributed by atoms with Crippen molar-refractivity contribution in [1.29, 1.82) is 0 Å². The summed E-state index contributed by atoms with van der Waals surface area (Å²) in [6.07, 6.45) is 50.3. The van der Waals surface area contributed by atoms with Gasteiger partial charge >= 0.3 is 0 Å². The smallest absolute Gasteiger partial charge is 0.0593 e. The number of allylic oxidation sites excluding steroid dienone is 8. The second kappa shape index (κ2) is 36.9. The lowest BCUT2D eigenvalue weighted by Gasteiger charge is -2.16. The highest BCUT2D eigenvalue weighted by molar-refractivity contribution is 4.93. The van der Waals surface area contributed by atoms with Crippen molar-refractivity contribution in [3.8, 4) is 0 Å². The fourth-order valence-corrected chi connectivity index (χ4v) is 5.00. The Balaban J connectivity index is 3.27. The third-order valence-electron chi connectivity index (χ3n) is 7.85. The summed E-state index contributed by atoms with van der Waals surface area (Å²) in [7, 11) is 2.25. The second-order valence-corrected chi connectivity index (χ2v) is 12.1. The lowest BCUT2D eigenvalue weighted by Crippen LogP contribution is -2.24. The molecule has 0 rings (SSSR count). The molecule has 0 saturated carbocycles. The summed E-state index contributed by atoms with van der Waals surface area (Å²) in [5.74, 6) is 0. The van der Waals surface area contributed by atoms with E-state index in [1.807, 2.05) is 0 Å². The minimum absolute atomic E-state index is 0.888. The number of hydrogen-bond acceptors (Lipinski definition) is 2. The van der Waals surface area contributed by atoms with E-state index in [1.54, 1.807) is 0 Å². The summed E-state index contributed by atoms with van der Waals surface area (Å²) in [4.78, 5) is 2.45. The van der Waals surface area contributed by atoms with Gasteiger partial charge in [0.25, 0.3) is 0 Å². The molecule has 0 amide bonds. The van der Waals surface area contributed by atoms with E-state index in [-0.39, 0.29) is 0 Å². The Labute approximate surface area is 259 Å². The maximum Gasteiger partial charge on any atom is 0.0593 e. The normalized spacial score (nSPS) is 12.5. The van der Waals surface area contributed by atoms with E-state index in [2.05, 4.69) is 74.4 Å². The van der Waals surface area contributed by atoms with Crippen LogP contribution in [0.5, 0.6) is 0 Å². The molecular formula is C39H73NO. The average Bonchev–Trinajstić information content (AvgIpc) is 2.98. The lowest BCUT2D eigenvalue weighted by molar-refractivity contribution is 0.107. The molecule has 0 unspecified atom stereocenters. The highest BCUT2D eigenvalue weighted by atomic mass is 16.5. The first kappa shape index (κ1) is 39.9. The molecular weight excluding hydrogens is 498 g/mol. The highest BCUT2D eigenvalue weighted by Gasteiger charge is 1.99. The summed E-state index contributed by atoms with van der Waals surface area (Å²) < 4.78 is 5.89. The second-order valence-electron chi connectivity index (χ2n) is 12.1. The van der Waals surface area contributed by atoms with Gasteiger partial charge in [0.1, 0.15) is 0 Å². The Bertz CT molecular complexity index is 590. The molecule has 2 heteroatoms. The predicted octanol–water partition coefficient (Wildman–Crippen LogP) is 12.6. The van der Waals surface area contributed by atoms with Crippen molar-refractivity contribution in [2.75, 3.05) is 33.4 Å². The van der Waals surface area contributed by atoms with Gasteiger partial charge in [-0.2, -0.15) is 0 Å². The van der Waals surface area contributed by atoms with Crippen molar-refractivity contribution < 1.29 is 4.74 Å². The van der Waals surface area contributed by atoms with Crippen LogP contribution >= 0.6 is 0 Å². The topological polar surface area (TPSA) is 12.5 Å². The van der Waals surface area contributed by atoms with E-state index in [1.165, 1.54) is 148 Å². The van der Waals surface area contributed by atoms with Crippen LogP contribution in [-0.2, 0) is 4.74 Å². The van der Waals surface area contributed by atoms with Gasteiger partial charge in [-0.25, -0.2) is 0 Å². The zero-order valence-electron chi connectivity index (χ0n) is 28.3. The van der Waals surface area contributed by atoms with Gasteiger partial charge in [0, 0.05) is 13.2 Å². The largest absolute Gasteiger partial charge is 0.380 e. The molecule has 240 valence electrons. The summed E-state index contributed by atoms with van der Waals surface area (Å²) in [5.41, 5.74) is 0. The lowest BCUT2D eigenvalue weighted by atomic mass is 10.1. The number of unbranched alkanes of at least 4 members (excludes halogenated alkanes) is 18. The maximum atomic E-state index is 5.89. The third-order valence-corrected chi connectivity index (χ3v) is 7.85. The molecule has 0 aromatic carbocycles. The molecule has 0 bridgehead atoms. The van der Waals surface area contributed by atoms with Crippen LogP contribution in [0, 0.1) is 0 Å². The van der Waals surface area contributed by atoms with Crippen LogP contribution in [0.2, 0.25) is 0 Å². The van der Waals surface area contributed by atoms with Crippen molar-refractivity contribution >= 4 is 0 Å². The van der Waals surface area contributed by atoms with Crippen LogP contribution in [0.1, 0.15) is 168 Å². The number of likely N-dealkylation sites (N-methyl/N-ethyl adjacent to an activating group) is 1. The van der Waals surface area contributed by atoms with Crippen molar-refractivity contribution in [2.24, 2.45) is 0 Å². The van der Waals surface area contributed by atoms with Crippen molar-refractivity contribution in [2.45, 2.75) is 168 Å². The van der Waals surface area contributed by atoms with Crippen molar-refractivity contribution in [3.63, 3.8) is 0 Å². The molecule has 0 aliphatic heterocycles. The Hall–Kier alpha value is -1.12. The van der Waals surface area contributed by atoms with Crippen LogP contribution in [0.4, 0.5) is 0 Å². The first-order valence-corrected chi connectivity index (χ1v) is 18.2. The molecule has 0 atom stereocenters. The summed E-state index contributed by atoms with van der Waals surface area (Å²) in [5, 5.41) is 0. The molecule has 0 aromatic rings. The van der Waals surface area contributed by atoms with E-state index in [9.17, 15) is 0 Å². The molecule has 0 aliphatic rings. The van der Waals surface area contributed by atoms with E-state index < -0.39 is 0 Å². The Morgan fingerprint density at radius 1 is 0.390 bits per heavy atom. The fraction of sp³-hybridized carbons (Fsp3) is 0.795. The van der Waals surface area contributed by atoms with Crippen LogP contribution in [0.15, 0.2) is 48.6 Å². The first-order chi connectivity index (χ1) is 20.3. The SMILES string of the molecule is CCCCC/C=C\C/C=C\CCCCCCCCOCCN(C)CCCCCCCC/C=C\C/C=C\CCCCC. The molecule has 0 aliphatic carbocycles. The van der Waals surface area contributed by atoms with Crippen molar-refractivity contribution in [3.05, 3.63) is 48.6 Å². The van der Waals surface area contributed by atoms with Gasteiger partial charge in [0.2, 0.25) is 0 Å². The Morgan fingerprint density at radius 2 is 0.780 bits per heavy atom. The van der Waals surface area contributed by atoms with Crippen LogP contribution in [0.25, 0.3) is 0 Å². The molecule has 0 fully saturated rings. The molecule has 0 spiro atoms. The molecule has 2 nitrogen and oxygen atoms in total.